The molecule has 0 radical (unpaired) electrons. The second-order valence-electron chi connectivity index (χ2n) is 9.64. The molecule has 198 valence electrons. The lowest BCUT2D eigenvalue weighted by Crippen LogP contribution is -2.42. The summed E-state index contributed by atoms with van der Waals surface area (Å²) in [5.41, 5.74) is 8.59. The number of aliphatic carboxylic acids is 1. The predicted octanol–water partition coefficient (Wildman–Crippen LogP) is 6.46. The number of ether oxygens (including phenoxy) is 2. The van der Waals surface area contributed by atoms with Crippen molar-refractivity contribution in [1.82, 2.24) is 5.32 Å². The molecule has 0 spiro atoms. The Bertz CT molecular complexity index is 1450. The molecule has 6 nitrogen and oxygen atoms in total. The summed E-state index contributed by atoms with van der Waals surface area (Å²) in [7, 11) is 1.65. The van der Waals surface area contributed by atoms with Crippen molar-refractivity contribution in [1.29, 1.82) is 0 Å². The van der Waals surface area contributed by atoms with Crippen LogP contribution in [-0.4, -0.2) is 36.9 Å². The highest BCUT2D eigenvalue weighted by Crippen LogP contribution is 2.44. The van der Waals surface area contributed by atoms with Crippen LogP contribution in [0.4, 0.5) is 4.79 Å². The van der Waals surface area contributed by atoms with Gasteiger partial charge in [0.1, 0.15) is 18.4 Å². The minimum atomic E-state index is -1.11. The van der Waals surface area contributed by atoms with Crippen LogP contribution in [0, 0.1) is 0 Å². The number of hydrogen-bond donors (Lipinski definition) is 2. The molecule has 2 N–H and O–H groups in total. The molecule has 0 heterocycles. The number of carbonyl (C=O) groups excluding carboxylic acids is 1. The van der Waals surface area contributed by atoms with Crippen LogP contribution in [0.1, 0.15) is 35.1 Å². The van der Waals surface area contributed by atoms with Crippen LogP contribution >= 0.6 is 0 Å². The third-order valence-corrected chi connectivity index (χ3v) is 7.33. The first-order valence-electron chi connectivity index (χ1n) is 13.1. The number of carbonyl (C=O) groups is 2. The van der Waals surface area contributed by atoms with Crippen molar-refractivity contribution in [3.05, 3.63) is 113 Å². The Hall–Kier alpha value is -4.58. The van der Waals surface area contributed by atoms with E-state index in [1.807, 2.05) is 78.9 Å². The third-order valence-electron chi connectivity index (χ3n) is 7.33. The highest BCUT2D eigenvalue weighted by molar-refractivity contribution is 5.81. The van der Waals surface area contributed by atoms with Crippen molar-refractivity contribution in [2.24, 2.45) is 0 Å². The summed E-state index contributed by atoms with van der Waals surface area (Å²) in [6, 6.07) is 28.8. The summed E-state index contributed by atoms with van der Waals surface area (Å²) >= 11 is 0. The molecule has 4 aromatic rings. The fourth-order valence-electron chi connectivity index (χ4n) is 5.31. The topological polar surface area (TPSA) is 84.9 Å². The van der Waals surface area contributed by atoms with Crippen LogP contribution in [0.3, 0.4) is 0 Å². The first kappa shape index (κ1) is 26.0. The van der Waals surface area contributed by atoms with E-state index in [0.29, 0.717) is 0 Å². The Balaban J connectivity index is 1.23. The molecule has 0 aliphatic heterocycles. The molecular weight excluding hydrogens is 490 g/mol. The zero-order chi connectivity index (χ0) is 27.4. The average Bonchev–Trinajstić information content (AvgIpc) is 3.29. The van der Waals surface area contributed by atoms with Gasteiger partial charge in [-0.15, -0.1) is 0 Å². The number of fused-ring (bicyclic) bond motifs is 3. The Morgan fingerprint density at radius 2 is 1.51 bits per heavy atom. The van der Waals surface area contributed by atoms with Crippen molar-refractivity contribution < 1.29 is 24.2 Å². The summed E-state index contributed by atoms with van der Waals surface area (Å²) in [4.78, 5) is 24.7. The summed E-state index contributed by atoms with van der Waals surface area (Å²) in [6.45, 7) is 2.22. The minimum absolute atomic E-state index is 0.0926. The second kappa shape index (κ2) is 11.4. The second-order valence-corrected chi connectivity index (χ2v) is 9.64. The molecular formula is C33H31NO5. The first-order valence-corrected chi connectivity index (χ1v) is 13.1. The molecule has 1 aliphatic carbocycles. The molecule has 4 aromatic carbocycles. The van der Waals surface area contributed by atoms with Gasteiger partial charge in [0.25, 0.3) is 0 Å². The largest absolute Gasteiger partial charge is 0.497 e. The highest BCUT2D eigenvalue weighted by atomic mass is 16.5. The number of alkyl carbamates (subject to hydrolysis) is 1. The normalized spacial score (nSPS) is 12.8. The van der Waals surface area contributed by atoms with E-state index in [1.165, 1.54) is 5.56 Å². The van der Waals surface area contributed by atoms with Gasteiger partial charge in [-0.05, 0) is 63.1 Å². The number of carboxylic acids is 1. The number of methoxy groups -OCH3 is 1. The fraction of sp³-hybridized carbons (Fsp3) is 0.212. The molecule has 1 atom stereocenters. The number of rotatable bonds is 9. The maximum absolute atomic E-state index is 12.7. The molecule has 39 heavy (non-hydrogen) atoms. The predicted molar refractivity (Wildman–Crippen MR) is 151 cm³/mol. The van der Waals surface area contributed by atoms with Gasteiger partial charge >= 0.3 is 12.1 Å². The molecule has 0 saturated heterocycles. The summed E-state index contributed by atoms with van der Waals surface area (Å²) in [6.07, 6.45) is 0.259. The molecule has 6 heteroatoms. The Labute approximate surface area is 228 Å². The van der Waals surface area contributed by atoms with Gasteiger partial charge in [-0.3, -0.25) is 0 Å². The van der Waals surface area contributed by atoms with Gasteiger partial charge in [0.05, 0.1) is 7.11 Å². The summed E-state index contributed by atoms with van der Waals surface area (Å²) < 4.78 is 10.9. The lowest BCUT2D eigenvalue weighted by atomic mass is 9.96. The monoisotopic (exact) mass is 521 g/mol. The Morgan fingerprint density at radius 3 is 2.10 bits per heavy atom. The van der Waals surface area contributed by atoms with Crippen LogP contribution in [0.2, 0.25) is 0 Å². The SMILES string of the molecule is CCc1cc(OC)ccc1-c1ccc(C[C@H](NC(=O)OCC2c3ccccc3-c3ccccc32)C(=O)O)cc1. The minimum Gasteiger partial charge on any atom is -0.497 e. The maximum Gasteiger partial charge on any atom is 0.407 e. The van der Waals surface area contributed by atoms with Crippen molar-refractivity contribution in [3.8, 4) is 28.0 Å². The quantitative estimate of drug-likeness (QED) is 0.264. The molecule has 0 unspecified atom stereocenters. The van der Waals surface area contributed by atoms with Crippen molar-refractivity contribution >= 4 is 12.1 Å². The van der Waals surface area contributed by atoms with Gasteiger partial charge < -0.3 is 19.9 Å². The van der Waals surface area contributed by atoms with E-state index in [9.17, 15) is 14.7 Å². The standard InChI is InChI=1S/C33H31NO5/c1-3-22-19-24(38-2)16-17-25(22)23-14-12-21(13-15-23)18-31(32(35)36)34-33(37)39-20-30-28-10-6-4-8-26(28)27-9-5-7-11-29(27)30/h4-17,19,30-31H,3,18,20H2,1-2H3,(H,34,37)(H,35,36)/t31-/m0/s1. The molecule has 5 rings (SSSR count). The molecule has 0 fully saturated rings. The molecule has 1 amide bonds. The lowest BCUT2D eigenvalue weighted by molar-refractivity contribution is -0.139. The van der Waals surface area contributed by atoms with E-state index >= 15 is 0 Å². The van der Waals surface area contributed by atoms with Gasteiger partial charge in [0.15, 0.2) is 0 Å². The van der Waals surface area contributed by atoms with E-state index < -0.39 is 18.1 Å². The Morgan fingerprint density at radius 1 is 0.872 bits per heavy atom. The highest BCUT2D eigenvalue weighted by Gasteiger charge is 2.29. The number of carboxylic acid groups (broad SMARTS) is 1. The zero-order valence-electron chi connectivity index (χ0n) is 22.0. The molecule has 0 saturated carbocycles. The number of hydrogen-bond acceptors (Lipinski definition) is 4. The third kappa shape index (κ3) is 5.50. The summed E-state index contributed by atoms with van der Waals surface area (Å²) in [5, 5.41) is 12.3. The average molecular weight is 522 g/mol. The van der Waals surface area contributed by atoms with Crippen LogP contribution in [-0.2, 0) is 22.4 Å². The van der Waals surface area contributed by atoms with E-state index in [-0.39, 0.29) is 18.9 Å². The molecule has 0 bridgehead atoms. The van der Waals surface area contributed by atoms with Gasteiger partial charge in [-0.2, -0.15) is 0 Å². The number of nitrogens with one attached hydrogen (secondary N) is 1. The number of aryl methyl sites for hydroxylation is 1. The van der Waals surface area contributed by atoms with Crippen molar-refractivity contribution in [2.45, 2.75) is 31.7 Å². The fourth-order valence-corrected chi connectivity index (χ4v) is 5.31. The van der Waals surface area contributed by atoms with Crippen LogP contribution in [0.5, 0.6) is 5.75 Å². The van der Waals surface area contributed by atoms with Crippen LogP contribution in [0.15, 0.2) is 91.0 Å². The van der Waals surface area contributed by atoms with Gasteiger partial charge in [0.2, 0.25) is 0 Å². The van der Waals surface area contributed by atoms with Crippen LogP contribution < -0.4 is 10.1 Å². The molecule has 1 aliphatic rings. The Kier molecular flexibility index (Phi) is 7.64. The van der Waals surface area contributed by atoms with E-state index in [4.69, 9.17) is 9.47 Å². The van der Waals surface area contributed by atoms with Gasteiger partial charge in [-0.25, -0.2) is 9.59 Å². The first-order chi connectivity index (χ1) is 19.0. The van der Waals surface area contributed by atoms with Crippen molar-refractivity contribution in [2.75, 3.05) is 13.7 Å². The molecule has 0 aromatic heterocycles. The number of amides is 1. The van der Waals surface area contributed by atoms with Gasteiger partial charge in [-0.1, -0.05) is 85.8 Å². The van der Waals surface area contributed by atoms with Crippen molar-refractivity contribution in [3.63, 3.8) is 0 Å². The van der Waals surface area contributed by atoms with E-state index in [1.54, 1.807) is 7.11 Å². The van der Waals surface area contributed by atoms with E-state index in [2.05, 4.69) is 24.4 Å². The van der Waals surface area contributed by atoms with Gasteiger partial charge in [0, 0.05) is 12.3 Å². The lowest BCUT2D eigenvalue weighted by Gasteiger charge is -2.18. The summed E-state index contributed by atoms with van der Waals surface area (Å²) in [5.74, 6) is -0.392. The van der Waals surface area contributed by atoms with Crippen LogP contribution in [0.25, 0.3) is 22.3 Å². The number of benzene rings is 4. The smallest absolute Gasteiger partial charge is 0.407 e. The van der Waals surface area contributed by atoms with E-state index in [0.717, 1.165) is 51.1 Å². The maximum atomic E-state index is 12.7. The zero-order valence-corrected chi connectivity index (χ0v) is 22.0.